The number of hydrogen-bond donors (Lipinski definition) is 2. The smallest absolute Gasteiger partial charge is 0.242 e. The normalized spacial score (nSPS) is 22.8. The van der Waals surface area contributed by atoms with E-state index in [2.05, 4.69) is 32.9 Å². The average Bonchev–Trinajstić information content (AvgIpc) is 2.97. The summed E-state index contributed by atoms with van der Waals surface area (Å²) >= 11 is 4.82. The molecule has 0 radical (unpaired) electrons. The Hall–Kier alpha value is 0.01000. The minimum atomic E-state index is -3.51. The molecule has 5 nitrogen and oxygen atoms in total. The van der Waals surface area contributed by atoms with Gasteiger partial charge in [-0.05, 0) is 48.3 Å². The van der Waals surface area contributed by atoms with Crippen molar-refractivity contribution in [3.05, 3.63) is 14.7 Å². The van der Waals surface area contributed by atoms with Gasteiger partial charge in [0.2, 0.25) is 10.0 Å². The molecule has 0 saturated carbocycles. The molecule has 21 heavy (non-hydrogen) atoms. The molecular formula is C13H21BrN2O3S2. The Labute approximate surface area is 138 Å². The first-order valence-corrected chi connectivity index (χ1v) is 10.2. The van der Waals surface area contributed by atoms with Crippen LogP contribution in [-0.2, 0) is 21.3 Å². The molecule has 1 fully saturated rings. The molecule has 0 spiro atoms. The van der Waals surface area contributed by atoms with E-state index in [1.54, 1.807) is 6.07 Å². The van der Waals surface area contributed by atoms with Crippen LogP contribution in [-0.4, -0.2) is 33.7 Å². The summed E-state index contributed by atoms with van der Waals surface area (Å²) in [4.78, 5) is 1.33. The quantitative estimate of drug-likeness (QED) is 0.694. The van der Waals surface area contributed by atoms with Gasteiger partial charge in [-0.25, -0.2) is 13.1 Å². The largest absolute Gasteiger partial charge is 0.377 e. The van der Waals surface area contributed by atoms with E-state index in [0.29, 0.717) is 28.3 Å². The predicted molar refractivity (Wildman–Crippen MR) is 88.2 cm³/mol. The first kappa shape index (κ1) is 17.4. The molecule has 1 aromatic heterocycles. The van der Waals surface area contributed by atoms with Crippen LogP contribution in [0.3, 0.4) is 0 Å². The first-order chi connectivity index (χ1) is 9.94. The zero-order valence-corrected chi connectivity index (χ0v) is 15.4. The Morgan fingerprint density at radius 1 is 1.52 bits per heavy atom. The topological polar surface area (TPSA) is 67.4 Å². The second-order valence-corrected chi connectivity index (χ2v) is 9.26. The minimum absolute atomic E-state index is 0.0807. The van der Waals surface area contributed by atoms with E-state index >= 15 is 0 Å². The van der Waals surface area contributed by atoms with Gasteiger partial charge in [-0.15, -0.1) is 11.3 Å². The summed E-state index contributed by atoms with van der Waals surface area (Å²) in [5, 5.41) is 3.28. The Kier molecular flexibility index (Phi) is 6.22. The molecular weight excluding hydrogens is 376 g/mol. The number of rotatable bonds is 7. The Balaban J connectivity index is 2.08. The van der Waals surface area contributed by atoms with Gasteiger partial charge in [0.25, 0.3) is 0 Å². The third-order valence-electron chi connectivity index (χ3n) is 3.40. The lowest BCUT2D eigenvalue weighted by atomic mass is 10.2. The number of sulfonamides is 1. The van der Waals surface area contributed by atoms with Crippen molar-refractivity contribution in [1.29, 1.82) is 0 Å². The molecule has 2 N–H and O–H groups in total. The zero-order valence-electron chi connectivity index (χ0n) is 12.2. The van der Waals surface area contributed by atoms with Crippen molar-refractivity contribution in [2.75, 3.05) is 13.2 Å². The second-order valence-electron chi connectivity index (χ2n) is 5.12. The van der Waals surface area contributed by atoms with Crippen molar-refractivity contribution in [2.45, 2.75) is 50.3 Å². The predicted octanol–water partition coefficient (Wildman–Crippen LogP) is 2.47. The third kappa shape index (κ3) is 4.49. The van der Waals surface area contributed by atoms with Crippen LogP contribution in [0.4, 0.5) is 0 Å². The lowest BCUT2D eigenvalue weighted by Gasteiger charge is -2.15. The monoisotopic (exact) mass is 396 g/mol. The molecule has 1 saturated heterocycles. The molecule has 0 bridgehead atoms. The molecule has 1 aliphatic rings. The van der Waals surface area contributed by atoms with Gasteiger partial charge < -0.3 is 10.1 Å². The SMILES string of the molecule is CCCNCc1cc(S(=O)(=O)NC2CCOC2C)c(Br)s1. The van der Waals surface area contributed by atoms with Gasteiger partial charge in [0.05, 0.1) is 15.9 Å². The number of ether oxygens (including phenoxy) is 1. The third-order valence-corrected chi connectivity index (χ3v) is 7.15. The summed E-state index contributed by atoms with van der Waals surface area (Å²) in [5.41, 5.74) is 0. The van der Waals surface area contributed by atoms with Gasteiger partial charge in [-0.2, -0.15) is 0 Å². The highest BCUT2D eigenvalue weighted by molar-refractivity contribution is 9.11. The summed E-state index contributed by atoms with van der Waals surface area (Å²) in [6.45, 7) is 6.21. The van der Waals surface area contributed by atoms with E-state index in [-0.39, 0.29) is 12.1 Å². The van der Waals surface area contributed by atoms with Gasteiger partial charge in [0, 0.05) is 18.0 Å². The van der Waals surface area contributed by atoms with Crippen molar-refractivity contribution in [3.8, 4) is 0 Å². The van der Waals surface area contributed by atoms with E-state index in [0.717, 1.165) is 17.8 Å². The van der Waals surface area contributed by atoms with Crippen molar-refractivity contribution in [2.24, 2.45) is 0 Å². The van der Waals surface area contributed by atoms with Crippen molar-refractivity contribution in [1.82, 2.24) is 10.0 Å². The molecule has 2 rings (SSSR count). The van der Waals surface area contributed by atoms with Crippen LogP contribution >= 0.6 is 27.3 Å². The maximum Gasteiger partial charge on any atom is 0.242 e. The number of thiophene rings is 1. The lowest BCUT2D eigenvalue weighted by molar-refractivity contribution is 0.117. The maximum absolute atomic E-state index is 12.5. The number of halogens is 1. The van der Waals surface area contributed by atoms with Crippen LogP contribution in [0.15, 0.2) is 14.7 Å². The van der Waals surface area contributed by atoms with Crippen LogP contribution in [0.25, 0.3) is 0 Å². The van der Waals surface area contributed by atoms with Gasteiger partial charge in [0.1, 0.15) is 4.90 Å². The standard InChI is InChI=1S/C13H21BrN2O3S2/c1-3-5-15-8-10-7-12(13(14)20-10)21(17,18)16-11-4-6-19-9(11)2/h7,9,11,15-16H,3-6,8H2,1-2H3. The molecule has 2 heterocycles. The van der Waals surface area contributed by atoms with Crippen LogP contribution in [0, 0.1) is 0 Å². The van der Waals surface area contributed by atoms with Gasteiger partial charge in [0.15, 0.2) is 0 Å². The summed E-state index contributed by atoms with van der Waals surface area (Å²) in [7, 11) is -3.51. The van der Waals surface area contributed by atoms with Gasteiger partial charge in [-0.1, -0.05) is 6.92 Å². The summed E-state index contributed by atoms with van der Waals surface area (Å²) in [6.07, 6.45) is 1.69. The summed E-state index contributed by atoms with van der Waals surface area (Å²) in [5.74, 6) is 0. The highest BCUT2D eigenvalue weighted by atomic mass is 79.9. The lowest BCUT2D eigenvalue weighted by Crippen LogP contribution is -2.39. The fourth-order valence-corrected chi connectivity index (χ4v) is 6.20. The van der Waals surface area contributed by atoms with E-state index in [1.165, 1.54) is 11.3 Å². The van der Waals surface area contributed by atoms with Gasteiger partial charge >= 0.3 is 0 Å². The van der Waals surface area contributed by atoms with E-state index < -0.39 is 10.0 Å². The summed E-state index contributed by atoms with van der Waals surface area (Å²) < 4.78 is 33.8. The number of hydrogen-bond acceptors (Lipinski definition) is 5. The van der Waals surface area contributed by atoms with E-state index in [1.807, 2.05) is 6.92 Å². The number of nitrogens with one attached hydrogen (secondary N) is 2. The van der Waals surface area contributed by atoms with E-state index in [9.17, 15) is 8.42 Å². The average molecular weight is 397 g/mol. The molecule has 2 unspecified atom stereocenters. The molecule has 0 amide bonds. The highest BCUT2D eigenvalue weighted by Gasteiger charge is 2.30. The Morgan fingerprint density at radius 2 is 2.29 bits per heavy atom. The zero-order chi connectivity index (χ0) is 15.5. The van der Waals surface area contributed by atoms with Crippen molar-refractivity contribution >= 4 is 37.3 Å². The van der Waals surface area contributed by atoms with Crippen LogP contribution in [0.2, 0.25) is 0 Å². The molecule has 120 valence electrons. The van der Waals surface area contributed by atoms with E-state index in [4.69, 9.17) is 4.74 Å². The van der Waals surface area contributed by atoms with Crippen molar-refractivity contribution in [3.63, 3.8) is 0 Å². The molecule has 0 aromatic carbocycles. The fraction of sp³-hybridized carbons (Fsp3) is 0.692. The fourth-order valence-electron chi connectivity index (χ4n) is 2.21. The molecule has 1 aromatic rings. The molecule has 1 aliphatic heterocycles. The van der Waals surface area contributed by atoms with Crippen LogP contribution in [0.1, 0.15) is 31.6 Å². The van der Waals surface area contributed by atoms with Crippen LogP contribution in [0.5, 0.6) is 0 Å². The molecule has 2 atom stereocenters. The van der Waals surface area contributed by atoms with Crippen molar-refractivity contribution < 1.29 is 13.2 Å². The summed E-state index contributed by atoms with van der Waals surface area (Å²) in [6, 6.07) is 1.59. The molecule has 0 aliphatic carbocycles. The highest BCUT2D eigenvalue weighted by Crippen LogP contribution is 2.32. The maximum atomic E-state index is 12.5. The first-order valence-electron chi connectivity index (χ1n) is 7.07. The molecule has 8 heteroatoms. The second kappa shape index (κ2) is 7.52. The van der Waals surface area contributed by atoms with Crippen LogP contribution < -0.4 is 10.0 Å². The minimum Gasteiger partial charge on any atom is -0.377 e. The van der Waals surface area contributed by atoms with Gasteiger partial charge in [-0.3, -0.25) is 0 Å². The Bertz CT molecular complexity index is 574. The Morgan fingerprint density at radius 3 is 2.90 bits per heavy atom.